The lowest BCUT2D eigenvalue weighted by atomic mass is 9.88. The SMILES string of the molecule is CC(C)(C)Cc1ccc(Oc2ccccc2C(C)(O)c2ccncc2)cc1. The van der Waals surface area contributed by atoms with E-state index in [2.05, 4.69) is 37.9 Å². The molecule has 0 spiro atoms. The molecule has 3 rings (SSSR count). The summed E-state index contributed by atoms with van der Waals surface area (Å²) in [6, 6.07) is 19.4. The first-order valence-electron chi connectivity index (χ1n) is 9.25. The normalized spacial score (nSPS) is 13.8. The monoisotopic (exact) mass is 361 g/mol. The molecule has 0 bridgehead atoms. The van der Waals surface area contributed by atoms with Gasteiger partial charge in [-0.25, -0.2) is 0 Å². The minimum absolute atomic E-state index is 0.248. The summed E-state index contributed by atoms with van der Waals surface area (Å²) in [6.45, 7) is 8.47. The second-order valence-corrected chi connectivity index (χ2v) is 8.29. The topological polar surface area (TPSA) is 42.4 Å². The number of nitrogens with zero attached hydrogens (tertiary/aromatic N) is 1. The average molecular weight is 361 g/mol. The zero-order chi connectivity index (χ0) is 19.5. The first kappa shape index (κ1) is 19.1. The van der Waals surface area contributed by atoms with E-state index in [0.717, 1.165) is 23.3 Å². The van der Waals surface area contributed by atoms with Crippen LogP contribution in [0.15, 0.2) is 73.1 Å². The fraction of sp³-hybridized carbons (Fsp3) is 0.292. The lowest BCUT2D eigenvalue weighted by molar-refractivity contribution is 0.0995. The number of para-hydroxylation sites is 1. The summed E-state index contributed by atoms with van der Waals surface area (Å²) in [4.78, 5) is 4.03. The molecule has 1 heterocycles. The molecule has 27 heavy (non-hydrogen) atoms. The lowest BCUT2D eigenvalue weighted by Gasteiger charge is -2.26. The van der Waals surface area contributed by atoms with E-state index >= 15 is 0 Å². The number of ether oxygens (including phenoxy) is 1. The Morgan fingerprint density at radius 3 is 2.11 bits per heavy atom. The zero-order valence-electron chi connectivity index (χ0n) is 16.4. The van der Waals surface area contributed by atoms with Gasteiger partial charge in [0.2, 0.25) is 0 Å². The molecule has 0 amide bonds. The molecule has 1 unspecified atom stereocenters. The van der Waals surface area contributed by atoms with Gasteiger partial charge in [0.1, 0.15) is 17.1 Å². The molecule has 0 saturated heterocycles. The van der Waals surface area contributed by atoms with Crippen molar-refractivity contribution in [1.29, 1.82) is 0 Å². The predicted octanol–water partition coefficient (Wildman–Crippen LogP) is 5.72. The molecule has 0 aliphatic carbocycles. The van der Waals surface area contributed by atoms with E-state index in [-0.39, 0.29) is 5.41 Å². The molecule has 2 aromatic carbocycles. The summed E-state index contributed by atoms with van der Waals surface area (Å²) in [5, 5.41) is 11.2. The van der Waals surface area contributed by atoms with Gasteiger partial charge in [-0.2, -0.15) is 0 Å². The summed E-state index contributed by atoms with van der Waals surface area (Å²) >= 11 is 0. The number of aliphatic hydroxyl groups is 1. The molecular weight excluding hydrogens is 334 g/mol. The van der Waals surface area contributed by atoms with Crippen molar-refractivity contribution >= 4 is 0 Å². The summed E-state index contributed by atoms with van der Waals surface area (Å²) < 4.78 is 6.13. The summed E-state index contributed by atoms with van der Waals surface area (Å²) in [6.07, 6.45) is 4.38. The van der Waals surface area contributed by atoms with Crippen molar-refractivity contribution in [3.05, 3.63) is 89.7 Å². The Morgan fingerprint density at radius 2 is 1.48 bits per heavy atom. The molecule has 3 aromatic rings. The van der Waals surface area contributed by atoms with Gasteiger partial charge in [0.15, 0.2) is 0 Å². The number of hydrogen-bond acceptors (Lipinski definition) is 3. The van der Waals surface area contributed by atoms with E-state index in [1.165, 1.54) is 5.56 Å². The molecule has 1 atom stereocenters. The molecule has 3 heteroatoms. The van der Waals surface area contributed by atoms with Gasteiger partial charge in [-0.3, -0.25) is 4.98 Å². The van der Waals surface area contributed by atoms with Crippen molar-refractivity contribution in [3.63, 3.8) is 0 Å². The number of rotatable bonds is 5. The van der Waals surface area contributed by atoms with Crippen molar-refractivity contribution in [1.82, 2.24) is 4.98 Å². The van der Waals surface area contributed by atoms with Crippen molar-refractivity contribution in [2.75, 3.05) is 0 Å². The highest BCUT2D eigenvalue weighted by atomic mass is 16.5. The van der Waals surface area contributed by atoms with E-state index in [1.807, 2.05) is 48.5 Å². The average Bonchev–Trinajstić information content (AvgIpc) is 2.63. The van der Waals surface area contributed by atoms with Crippen LogP contribution in [-0.4, -0.2) is 10.1 Å². The van der Waals surface area contributed by atoms with Crippen LogP contribution in [0.4, 0.5) is 0 Å². The molecule has 3 nitrogen and oxygen atoms in total. The number of aromatic nitrogens is 1. The Bertz CT molecular complexity index is 878. The highest BCUT2D eigenvalue weighted by Gasteiger charge is 2.29. The van der Waals surface area contributed by atoms with Gasteiger partial charge in [-0.05, 0) is 60.2 Å². The molecule has 140 valence electrons. The van der Waals surface area contributed by atoms with E-state index in [4.69, 9.17) is 4.74 Å². The van der Waals surface area contributed by atoms with Gasteiger partial charge in [-0.1, -0.05) is 51.1 Å². The fourth-order valence-electron chi connectivity index (χ4n) is 3.20. The summed E-state index contributed by atoms with van der Waals surface area (Å²) in [5.41, 5.74) is 1.85. The van der Waals surface area contributed by atoms with Crippen LogP contribution >= 0.6 is 0 Å². The minimum Gasteiger partial charge on any atom is -0.457 e. The Labute approximate surface area is 161 Å². The molecule has 0 aliphatic heterocycles. The number of benzene rings is 2. The third-order valence-electron chi connectivity index (χ3n) is 4.54. The Balaban J connectivity index is 1.87. The second kappa shape index (κ2) is 7.53. The van der Waals surface area contributed by atoms with Crippen molar-refractivity contribution in [2.45, 2.75) is 39.7 Å². The van der Waals surface area contributed by atoms with Crippen LogP contribution in [0.3, 0.4) is 0 Å². The fourth-order valence-corrected chi connectivity index (χ4v) is 3.20. The van der Waals surface area contributed by atoms with Crippen molar-refractivity contribution in [3.8, 4) is 11.5 Å². The van der Waals surface area contributed by atoms with E-state index in [1.54, 1.807) is 19.3 Å². The maximum Gasteiger partial charge on any atom is 0.133 e. The van der Waals surface area contributed by atoms with Crippen molar-refractivity contribution in [2.24, 2.45) is 5.41 Å². The second-order valence-electron chi connectivity index (χ2n) is 8.29. The highest BCUT2D eigenvalue weighted by Crippen LogP contribution is 2.37. The molecule has 1 N–H and O–H groups in total. The molecule has 0 aliphatic rings. The maximum atomic E-state index is 11.2. The number of pyridine rings is 1. The van der Waals surface area contributed by atoms with Gasteiger partial charge in [0, 0.05) is 18.0 Å². The third-order valence-corrected chi connectivity index (χ3v) is 4.54. The standard InChI is InChI=1S/C24H27NO2/c1-23(2,3)17-18-9-11-20(12-10-18)27-22-8-6-5-7-21(22)24(4,26)19-13-15-25-16-14-19/h5-16,26H,17H2,1-4H3. The quantitative estimate of drug-likeness (QED) is 0.632. The van der Waals surface area contributed by atoms with Crippen LogP contribution in [-0.2, 0) is 12.0 Å². The van der Waals surface area contributed by atoms with Crippen LogP contribution in [0.1, 0.15) is 44.4 Å². The van der Waals surface area contributed by atoms with Gasteiger partial charge < -0.3 is 9.84 Å². The van der Waals surface area contributed by atoms with Crippen LogP contribution < -0.4 is 4.74 Å². The molecule has 0 radical (unpaired) electrons. The summed E-state index contributed by atoms with van der Waals surface area (Å²) in [5.74, 6) is 1.40. The molecule has 0 saturated carbocycles. The molecular formula is C24H27NO2. The minimum atomic E-state index is -1.17. The van der Waals surface area contributed by atoms with Gasteiger partial charge in [0.25, 0.3) is 0 Å². The van der Waals surface area contributed by atoms with E-state index in [9.17, 15) is 5.11 Å². The first-order valence-corrected chi connectivity index (χ1v) is 9.25. The lowest BCUT2D eigenvalue weighted by Crippen LogP contribution is -2.23. The predicted molar refractivity (Wildman–Crippen MR) is 109 cm³/mol. The van der Waals surface area contributed by atoms with Crippen molar-refractivity contribution < 1.29 is 9.84 Å². The Kier molecular flexibility index (Phi) is 5.33. The van der Waals surface area contributed by atoms with Crippen LogP contribution in [0.25, 0.3) is 0 Å². The largest absolute Gasteiger partial charge is 0.457 e. The maximum absolute atomic E-state index is 11.2. The van der Waals surface area contributed by atoms with Gasteiger partial charge >= 0.3 is 0 Å². The zero-order valence-corrected chi connectivity index (χ0v) is 16.4. The van der Waals surface area contributed by atoms with Gasteiger partial charge in [0.05, 0.1) is 0 Å². The Morgan fingerprint density at radius 1 is 0.852 bits per heavy atom. The summed E-state index contributed by atoms with van der Waals surface area (Å²) in [7, 11) is 0. The third kappa shape index (κ3) is 4.75. The molecule has 1 aromatic heterocycles. The first-order chi connectivity index (χ1) is 12.8. The molecule has 0 fully saturated rings. The van der Waals surface area contributed by atoms with E-state index in [0.29, 0.717) is 5.75 Å². The van der Waals surface area contributed by atoms with E-state index < -0.39 is 5.60 Å². The number of hydrogen-bond donors (Lipinski definition) is 1. The Hall–Kier alpha value is -2.65. The van der Waals surface area contributed by atoms with Gasteiger partial charge in [-0.15, -0.1) is 0 Å². The van der Waals surface area contributed by atoms with Crippen LogP contribution in [0, 0.1) is 5.41 Å². The van der Waals surface area contributed by atoms with Crippen LogP contribution in [0.2, 0.25) is 0 Å². The van der Waals surface area contributed by atoms with Crippen LogP contribution in [0.5, 0.6) is 11.5 Å². The smallest absolute Gasteiger partial charge is 0.133 e. The highest BCUT2D eigenvalue weighted by molar-refractivity contribution is 5.46.